The van der Waals surface area contributed by atoms with Gasteiger partial charge in [-0.15, -0.1) is 10.2 Å². The summed E-state index contributed by atoms with van der Waals surface area (Å²) in [5.41, 5.74) is 3.64. The summed E-state index contributed by atoms with van der Waals surface area (Å²) >= 11 is 4.84. The number of benzene rings is 1. The second-order valence-corrected chi connectivity index (χ2v) is 5.24. The highest BCUT2D eigenvalue weighted by molar-refractivity contribution is 9.10. The number of nitrogens with zero attached hydrogens (tertiary/aromatic N) is 3. The maximum Gasteiger partial charge on any atom is 0.249 e. The molecule has 0 spiro atoms. The van der Waals surface area contributed by atoms with Gasteiger partial charge in [0.1, 0.15) is 0 Å². The number of amides is 1. The molecule has 1 aliphatic rings. The third-order valence-corrected chi connectivity index (χ3v) is 3.94. The second-order valence-electron chi connectivity index (χ2n) is 3.45. The summed E-state index contributed by atoms with van der Waals surface area (Å²) in [6.07, 6.45) is 0. The minimum atomic E-state index is -0.0457. The van der Waals surface area contributed by atoms with E-state index < -0.39 is 0 Å². The van der Waals surface area contributed by atoms with Gasteiger partial charge in [-0.1, -0.05) is 39.8 Å². The molecule has 0 saturated heterocycles. The Morgan fingerprint density at radius 1 is 1.35 bits per heavy atom. The van der Waals surface area contributed by atoms with Crippen LogP contribution in [0.15, 0.2) is 33.9 Å². The molecule has 3 rings (SSSR count). The van der Waals surface area contributed by atoms with Crippen LogP contribution in [0.1, 0.15) is 0 Å². The van der Waals surface area contributed by atoms with Gasteiger partial charge in [-0.3, -0.25) is 10.2 Å². The Morgan fingerprint density at radius 2 is 2.18 bits per heavy atom. The van der Waals surface area contributed by atoms with Gasteiger partial charge < -0.3 is 0 Å². The summed E-state index contributed by atoms with van der Waals surface area (Å²) in [4.78, 5) is 11.4. The third-order valence-electron chi connectivity index (χ3n) is 2.32. The number of carbonyl (C=O) groups excluding carboxylic acids is 1. The number of nitrogens with one attached hydrogen (secondary N) is 1. The summed E-state index contributed by atoms with van der Waals surface area (Å²) in [6, 6.07) is 7.69. The molecular weight excluding hydrogens is 304 g/mol. The first-order chi connectivity index (χ1) is 8.25. The van der Waals surface area contributed by atoms with Gasteiger partial charge in [-0.25, -0.2) is 4.68 Å². The number of halogens is 1. The number of carbonyl (C=O) groups is 1. The van der Waals surface area contributed by atoms with Gasteiger partial charge >= 0.3 is 0 Å². The average molecular weight is 311 g/mol. The van der Waals surface area contributed by atoms with Crippen molar-refractivity contribution in [3.8, 4) is 11.4 Å². The fraction of sp³-hybridized carbons (Fsp3) is 0.100. The van der Waals surface area contributed by atoms with Crippen molar-refractivity contribution in [3.63, 3.8) is 0 Å². The van der Waals surface area contributed by atoms with Gasteiger partial charge in [0.15, 0.2) is 5.82 Å². The Kier molecular flexibility index (Phi) is 2.64. The number of hydrogen-bond donors (Lipinski definition) is 1. The SMILES string of the molecule is O=C1CSc2nnc(-c3ccccc3Br)n2N1. The van der Waals surface area contributed by atoms with Crippen molar-refractivity contribution < 1.29 is 4.79 Å². The molecule has 0 fully saturated rings. The molecule has 1 aromatic heterocycles. The summed E-state index contributed by atoms with van der Waals surface area (Å²) in [5, 5.41) is 8.86. The number of rotatable bonds is 1. The van der Waals surface area contributed by atoms with Crippen LogP contribution in [0.25, 0.3) is 11.4 Å². The van der Waals surface area contributed by atoms with Crippen LogP contribution < -0.4 is 5.43 Å². The smallest absolute Gasteiger partial charge is 0.249 e. The van der Waals surface area contributed by atoms with Crippen LogP contribution in [0.5, 0.6) is 0 Å². The molecule has 17 heavy (non-hydrogen) atoms. The van der Waals surface area contributed by atoms with E-state index >= 15 is 0 Å². The number of thioether (sulfide) groups is 1. The lowest BCUT2D eigenvalue weighted by molar-refractivity contribution is -0.114. The van der Waals surface area contributed by atoms with E-state index in [4.69, 9.17) is 0 Å². The van der Waals surface area contributed by atoms with Crippen LogP contribution in [0, 0.1) is 0 Å². The van der Waals surface area contributed by atoms with Crippen molar-refractivity contribution in [1.82, 2.24) is 14.9 Å². The molecular formula is C10H7BrN4OS. The fourth-order valence-electron chi connectivity index (χ4n) is 1.57. The zero-order chi connectivity index (χ0) is 11.8. The standard InChI is InChI=1S/C10H7BrN4OS/c11-7-4-2-1-3-6(7)9-12-13-10-15(9)14-8(16)5-17-10/h1-4H,5H2,(H,14,16). The highest BCUT2D eigenvalue weighted by Crippen LogP contribution is 2.29. The second kappa shape index (κ2) is 4.15. The summed E-state index contributed by atoms with van der Waals surface area (Å²) in [7, 11) is 0. The minimum Gasteiger partial charge on any atom is -0.272 e. The lowest BCUT2D eigenvalue weighted by Gasteiger charge is -2.15. The van der Waals surface area contributed by atoms with Crippen LogP contribution in [0.3, 0.4) is 0 Å². The maximum absolute atomic E-state index is 11.4. The first-order valence-corrected chi connectivity index (χ1v) is 6.66. The highest BCUT2D eigenvalue weighted by Gasteiger charge is 2.22. The molecule has 86 valence electrons. The van der Waals surface area contributed by atoms with Crippen molar-refractivity contribution in [2.24, 2.45) is 0 Å². The van der Waals surface area contributed by atoms with Crippen LogP contribution >= 0.6 is 27.7 Å². The Balaban J connectivity index is 2.14. The lowest BCUT2D eigenvalue weighted by atomic mass is 10.2. The fourth-order valence-corrected chi connectivity index (χ4v) is 2.71. The van der Waals surface area contributed by atoms with Crippen molar-refractivity contribution in [2.45, 2.75) is 5.16 Å². The van der Waals surface area contributed by atoms with Gasteiger partial charge in [0.05, 0.1) is 5.75 Å². The van der Waals surface area contributed by atoms with Gasteiger partial charge in [0.25, 0.3) is 0 Å². The molecule has 0 radical (unpaired) electrons. The molecule has 1 amide bonds. The average Bonchev–Trinajstić information content (AvgIpc) is 2.72. The molecule has 1 aliphatic heterocycles. The van der Waals surface area contributed by atoms with E-state index in [0.717, 1.165) is 10.0 Å². The normalized spacial score (nSPS) is 14.3. The molecule has 1 N–H and O–H groups in total. The number of hydrogen-bond acceptors (Lipinski definition) is 4. The molecule has 0 saturated carbocycles. The monoisotopic (exact) mass is 310 g/mol. The molecule has 7 heteroatoms. The van der Waals surface area contributed by atoms with Crippen molar-refractivity contribution in [2.75, 3.05) is 11.2 Å². The molecule has 1 aromatic carbocycles. The maximum atomic E-state index is 11.4. The summed E-state index contributed by atoms with van der Waals surface area (Å²) in [6.45, 7) is 0. The van der Waals surface area contributed by atoms with E-state index in [0.29, 0.717) is 16.7 Å². The molecule has 2 aromatic rings. The van der Waals surface area contributed by atoms with Crippen molar-refractivity contribution in [3.05, 3.63) is 28.7 Å². The van der Waals surface area contributed by atoms with E-state index in [1.807, 2.05) is 24.3 Å². The van der Waals surface area contributed by atoms with Crippen molar-refractivity contribution in [1.29, 1.82) is 0 Å². The van der Waals surface area contributed by atoms with Crippen LogP contribution in [-0.4, -0.2) is 26.5 Å². The third kappa shape index (κ3) is 1.85. The highest BCUT2D eigenvalue weighted by atomic mass is 79.9. The predicted octanol–water partition coefficient (Wildman–Crippen LogP) is 1.88. The van der Waals surface area contributed by atoms with E-state index in [1.54, 1.807) is 4.68 Å². The van der Waals surface area contributed by atoms with E-state index in [1.165, 1.54) is 11.8 Å². The lowest BCUT2D eigenvalue weighted by Crippen LogP contribution is -2.29. The van der Waals surface area contributed by atoms with Crippen LogP contribution in [0.2, 0.25) is 0 Å². The van der Waals surface area contributed by atoms with Gasteiger partial charge in [0, 0.05) is 10.0 Å². The zero-order valence-corrected chi connectivity index (χ0v) is 11.0. The topological polar surface area (TPSA) is 59.8 Å². The molecule has 0 unspecified atom stereocenters. The number of aromatic nitrogens is 3. The quantitative estimate of drug-likeness (QED) is 0.873. The van der Waals surface area contributed by atoms with E-state index in [9.17, 15) is 4.79 Å². The number of fused-ring (bicyclic) bond motifs is 1. The molecule has 5 nitrogen and oxygen atoms in total. The van der Waals surface area contributed by atoms with Crippen molar-refractivity contribution >= 4 is 33.6 Å². The van der Waals surface area contributed by atoms with Gasteiger partial charge in [-0.05, 0) is 12.1 Å². The Morgan fingerprint density at radius 3 is 3.00 bits per heavy atom. The first kappa shape index (κ1) is 10.8. The minimum absolute atomic E-state index is 0.0457. The van der Waals surface area contributed by atoms with Gasteiger partial charge in [-0.2, -0.15) is 0 Å². The zero-order valence-electron chi connectivity index (χ0n) is 8.55. The predicted molar refractivity (Wildman–Crippen MR) is 68.2 cm³/mol. The first-order valence-electron chi connectivity index (χ1n) is 4.88. The summed E-state index contributed by atoms with van der Waals surface area (Å²) in [5.74, 6) is 0.970. The Hall–Kier alpha value is -1.34. The summed E-state index contributed by atoms with van der Waals surface area (Å²) < 4.78 is 2.54. The molecule has 0 bridgehead atoms. The van der Waals surface area contributed by atoms with E-state index in [2.05, 4.69) is 31.6 Å². The Labute approximate surface area is 110 Å². The van der Waals surface area contributed by atoms with Gasteiger partial charge in [0.2, 0.25) is 11.1 Å². The molecule has 0 aliphatic carbocycles. The largest absolute Gasteiger partial charge is 0.272 e. The van der Waals surface area contributed by atoms with Crippen LogP contribution in [-0.2, 0) is 4.79 Å². The molecule has 0 atom stereocenters. The molecule has 2 heterocycles. The Bertz CT molecular complexity index is 598. The van der Waals surface area contributed by atoms with Crippen LogP contribution in [0.4, 0.5) is 0 Å². The van der Waals surface area contributed by atoms with E-state index in [-0.39, 0.29) is 5.91 Å².